The van der Waals surface area contributed by atoms with Crippen LogP contribution < -0.4 is 5.32 Å². The quantitative estimate of drug-likeness (QED) is 0.686. The van der Waals surface area contributed by atoms with Crippen LogP contribution in [0.15, 0.2) is 24.3 Å². The number of ether oxygens (including phenoxy) is 1. The molecule has 0 saturated heterocycles. The van der Waals surface area contributed by atoms with Crippen molar-refractivity contribution >= 4 is 5.69 Å². The van der Waals surface area contributed by atoms with Crippen molar-refractivity contribution in [2.45, 2.75) is 13.8 Å². The summed E-state index contributed by atoms with van der Waals surface area (Å²) in [5.74, 6) is -0.201. The largest absolute Gasteiger partial charge is 0.384 e. The lowest BCUT2D eigenvalue weighted by Crippen LogP contribution is -2.32. The zero-order valence-corrected chi connectivity index (χ0v) is 11.3. The molecule has 1 N–H and O–H groups in total. The van der Waals surface area contributed by atoms with E-state index in [2.05, 4.69) is 17.1 Å². The van der Waals surface area contributed by atoms with Crippen LogP contribution in [-0.4, -0.2) is 44.3 Å². The number of hydrogen-bond acceptors (Lipinski definition) is 3. The predicted molar refractivity (Wildman–Crippen MR) is 73.5 cm³/mol. The normalized spacial score (nSPS) is 10.9. The summed E-state index contributed by atoms with van der Waals surface area (Å²) in [4.78, 5) is 2.33. The first-order chi connectivity index (χ1) is 8.76. The minimum atomic E-state index is -0.201. The Hall–Kier alpha value is -1.13. The smallest absolute Gasteiger partial charge is 0.123 e. The molecular formula is C14H23FN2O. The van der Waals surface area contributed by atoms with E-state index in [0.29, 0.717) is 0 Å². The molecule has 0 heterocycles. The summed E-state index contributed by atoms with van der Waals surface area (Å²) in [6.07, 6.45) is 0. The van der Waals surface area contributed by atoms with E-state index in [1.165, 1.54) is 12.1 Å². The van der Waals surface area contributed by atoms with Crippen molar-refractivity contribution in [3.63, 3.8) is 0 Å². The van der Waals surface area contributed by atoms with Crippen molar-refractivity contribution in [3.05, 3.63) is 30.1 Å². The number of nitrogens with zero attached hydrogens (tertiary/aromatic N) is 1. The third kappa shape index (κ3) is 5.98. The van der Waals surface area contributed by atoms with Crippen molar-refractivity contribution in [2.75, 3.05) is 44.7 Å². The van der Waals surface area contributed by atoms with E-state index in [1.807, 2.05) is 6.92 Å². The molecule has 0 fully saturated rings. The van der Waals surface area contributed by atoms with Gasteiger partial charge >= 0.3 is 0 Å². The fraction of sp³-hybridized carbons (Fsp3) is 0.571. The van der Waals surface area contributed by atoms with E-state index in [4.69, 9.17) is 4.74 Å². The maximum absolute atomic E-state index is 12.7. The van der Waals surface area contributed by atoms with Crippen molar-refractivity contribution < 1.29 is 9.13 Å². The van der Waals surface area contributed by atoms with Crippen LogP contribution in [0.3, 0.4) is 0 Å². The van der Waals surface area contributed by atoms with Gasteiger partial charge in [0.1, 0.15) is 5.82 Å². The van der Waals surface area contributed by atoms with Gasteiger partial charge in [0.15, 0.2) is 0 Å². The summed E-state index contributed by atoms with van der Waals surface area (Å²) in [6.45, 7) is 9.47. The maximum Gasteiger partial charge on any atom is 0.123 e. The van der Waals surface area contributed by atoms with Gasteiger partial charge in [-0.25, -0.2) is 4.39 Å². The summed E-state index contributed by atoms with van der Waals surface area (Å²) < 4.78 is 18.1. The van der Waals surface area contributed by atoms with Gasteiger partial charge in [-0.15, -0.1) is 0 Å². The van der Waals surface area contributed by atoms with Crippen LogP contribution in [0.5, 0.6) is 0 Å². The topological polar surface area (TPSA) is 24.5 Å². The Morgan fingerprint density at radius 3 is 2.50 bits per heavy atom. The Kier molecular flexibility index (Phi) is 7.37. The second-order valence-corrected chi connectivity index (χ2v) is 4.06. The lowest BCUT2D eigenvalue weighted by Gasteiger charge is -2.20. The molecule has 1 aromatic carbocycles. The summed E-state index contributed by atoms with van der Waals surface area (Å²) in [6, 6.07) is 6.45. The zero-order valence-electron chi connectivity index (χ0n) is 11.3. The molecule has 0 bridgehead atoms. The van der Waals surface area contributed by atoms with E-state index >= 15 is 0 Å². The Bertz CT molecular complexity index is 316. The van der Waals surface area contributed by atoms with Crippen LogP contribution in [0.4, 0.5) is 10.1 Å². The number of rotatable bonds is 9. The Morgan fingerprint density at radius 2 is 1.89 bits per heavy atom. The number of hydrogen-bond donors (Lipinski definition) is 1. The van der Waals surface area contributed by atoms with Gasteiger partial charge in [-0.2, -0.15) is 0 Å². The van der Waals surface area contributed by atoms with Crippen LogP contribution >= 0.6 is 0 Å². The van der Waals surface area contributed by atoms with Gasteiger partial charge in [-0.1, -0.05) is 6.92 Å². The van der Waals surface area contributed by atoms with Crippen LogP contribution in [0.1, 0.15) is 13.8 Å². The molecule has 0 aromatic heterocycles. The van der Waals surface area contributed by atoms with E-state index in [9.17, 15) is 4.39 Å². The van der Waals surface area contributed by atoms with Crippen molar-refractivity contribution in [1.82, 2.24) is 4.90 Å². The second-order valence-electron chi connectivity index (χ2n) is 4.06. The standard InChI is InChI=1S/C14H23FN2O/c1-3-17(11-12-18-4-2)10-9-16-14-7-5-13(15)6-8-14/h5-8,16H,3-4,9-12H2,1-2H3. The van der Waals surface area contributed by atoms with E-state index in [0.717, 1.165) is 45.1 Å². The highest BCUT2D eigenvalue weighted by Crippen LogP contribution is 2.07. The van der Waals surface area contributed by atoms with Crippen molar-refractivity contribution in [2.24, 2.45) is 0 Å². The predicted octanol–water partition coefficient (Wildman–Crippen LogP) is 2.60. The minimum Gasteiger partial charge on any atom is -0.384 e. The first-order valence-corrected chi connectivity index (χ1v) is 6.55. The van der Waals surface area contributed by atoms with Gasteiger partial charge < -0.3 is 10.1 Å². The highest BCUT2D eigenvalue weighted by atomic mass is 19.1. The molecule has 0 unspecified atom stereocenters. The van der Waals surface area contributed by atoms with E-state index < -0.39 is 0 Å². The third-order valence-corrected chi connectivity index (χ3v) is 2.80. The highest BCUT2D eigenvalue weighted by molar-refractivity contribution is 5.42. The minimum absolute atomic E-state index is 0.201. The van der Waals surface area contributed by atoms with Crippen LogP contribution in [0.25, 0.3) is 0 Å². The summed E-state index contributed by atoms with van der Waals surface area (Å²) in [5, 5.41) is 3.28. The van der Waals surface area contributed by atoms with Crippen molar-refractivity contribution in [3.8, 4) is 0 Å². The van der Waals surface area contributed by atoms with E-state index in [1.54, 1.807) is 12.1 Å². The molecule has 1 rings (SSSR count). The summed E-state index contributed by atoms with van der Waals surface area (Å²) >= 11 is 0. The molecule has 18 heavy (non-hydrogen) atoms. The number of anilines is 1. The molecule has 0 radical (unpaired) electrons. The molecule has 0 atom stereocenters. The Morgan fingerprint density at radius 1 is 1.17 bits per heavy atom. The first kappa shape index (κ1) is 14.9. The molecular weight excluding hydrogens is 231 g/mol. The van der Waals surface area contributed by atoms with E-state index in [-0.39, 0.29) is 5.82 Å². The lowest BCUT2D eigenvalue weighted by molar-refractivity contribution is 0.117. The van der Waals surface area contributed by atoms with Crippen LogP contribution in [0, 0.1) is 5.82 Å². The Labute approximate surface area is 109 Å². The van der Waals surface area contributed by atoms with Gasteiger partial charge in [0, 0.05) is 31.9 Å². The fourth-order valence-electron chi connectivity index (χ4n) is 1.69. The molecule has 0 spiro atoms. The Balaban J connectivity index is 2.20. The average Bonchev–Trinajstić information content (AvgIpc) is 2.39. The first-order valence-electron chi connectivity index (χ1n) is 6.55. The van der Waals surface area contributed by atoms with Gasteiger partial charge in [-0.05, 0) is 37.7 Å². The number of nitrogens with one attached hydrogen (secondary N) is 1. The second kappa shape index (κ2) is 8.89. The number of halogens is 1. The van der Waals surface area contributed by atoms with Gasteiger partial charge in [-0.3, -0.25) is 4.90 Å². The fourth-order valence-corrected chi connectivity index (χ4v) is 1.69. The van der Waals surface area contributed by atoms with Gasteiger partial charge in [0.05, 0.1) is 6.61 Å². The van der Waals surface area contributed by atoms with Gasteiger partial charge in [0.2, 0.25) is 0 Å². The molecule has 3 nitrogen and oxygen atoms in total. The molecule has 1 aromatic rings. The summed E-state index contributed by atoms with van der Waals surface area (Å²) in [7, 11) is 0. The highest BCUT2D eigenvalue weighted by Gasteiger charge is 2.01. The SMILES string of the molecule is CCOCCN(CC)CCNc1ccc(F)cc1. The number of benzene rings is 1. The molecule has 0 aliphatic heterocycles. The van der Waals surface area contributed by atoms with Crippen LogP contribution in [-0.2, 0) is 4.74 Å². The molecule has 0 saturated carbocycles. The lowest BCUT2D eigenvalue weighted by atomic mass is 10.3. The van der Waals surface area contributed by atoms with Crippen molar-refractivity contribution in [1.29, 1.82) is 0 Å². The maximum atomic E-state index is 12.7. The number of likely N-dealkylation sites (N-methyl/N-ethyl adjacent to an activating group) is 1. The summed E-state index contributed by atoms with van der Waals surface area (Å²) in [5.41, 5.74) is 0.956. The van der Waals surface area contributed by atoms with Gasteiger partial charge in [0.25, 0.3) is 0 Å². The molecule has 102 valence electrons. The van der Waals surface area contributed by atoms with Crippen LogP contribution in [0.2, 0.25) is 0 Å². The zero-order chi connectivity index (χ0) is 13.2. The molecule has 0 aliphatic rings. The average molecular weight is 254 g/mol. The monoisotopic (exact) mass is 254 g/mol. The molecule has 0 amide bonds. The third-order valence-electron chi connectivity index (χ3n) is 2.80. The molecule has 0 aliphatic carbocycles. The molecule has 4 heteroatoms.